The van der Waals surface area contributed by atoms with Crippen LogP contribution in [0.3, 0.4) is 0 Å². The highest BCUT2D eigenvalue weighted by atomic mass is 16.2. The van der Waals surface area contributed by atoms with Crippen LogP contribution in [-0.4, -0.2) is 65.8 Å². The van der Waals surface area contributed by atoms with Gasteiger partial charge < -0.3 is 48.1 Å². The second-order valence-electron chi connectivity index (χ2n) is 9.97. The zero-order valence-electron chi connectivity index (χ0n) is 23.0. The maximum atomic E-state index is 12.6. The van der Waals surface area contributed by atoms with Gasteiger partial charge in [-0.15, -0.1) is 0 Å². The number of amides is 3. The van der Waals surface area contributed by atoms with Gasteiger partial charge in [0.15, 0.2) is 0 Å². The molecule has 42 heavy (non-hydrogen) atoms. The van der Waals surface area contributed by atoms with Crippen LogP contribution in [0.1, 0.15) is 33.8 Å². The third kappa shape index (κ3) is 9.09. The van der Waals surface area contributed by atoms with Crippen LogP contribution in [0.25, 0.3) is 0 Å². The lowest BCUT2D eigenvalue weighted by Gasteiger charge is -2.16. The number of nitrogens with zero attached hydrogens (tertiary/aromatic N) is 3. The number of carbonyl (C=O) groups excluding carboxylic acids is 3. The predicted octanol–water partition coefficient (Wildman–Crippen LogP) is -1.59. The molecule has 1 aromatic carbocycles. The van der Waals surface area contributed by atoms with Gasteiger partial charge in [-0.3, -0.25) is 14.4 Å². The van der Waals surface area contributed by atoms with E-state index in [0.717, 1.165) is 33.8 Å². The van der Waals surface area contributed by atoms with E-state index >= 15 is 0 Å². The minimum atomic E-state index is -0.764. The summed E-state index contributed by atoms with van der Waals surface area (Å²) in [5.41, 5.74) is 22.7. The van der Waals surface area contributed by atoms with Crippen molar-refractivity contribution in [3.63, 3.8) is 0 Å². The molecule has 0 radical (unpaired) electrons. The van der Waals surface area contributed by atoms with E-state index < -0.39 is 18.1 Å². The van der Waals surface area contributed by atoms with Gasteiger partial charge in [-0.25, -0.2) is 15.0 Å². The van der Waals surface area contributed by atoms with Crippen LogP contribution in [-0.2, 0) is 53.3 Å². The molecule has 0 aliphatic heterocycles. The van der Waals surface area contributed by atoms with E-state index in [1.54, 1.807) is 18.6 Å². The maximum Gasteiger partial charge on any atom is 0.237 e. The maximum absolute atomic E-state index is 12.6. The van der Waals surface area contributed by atoms with E-state index in [-0.39, 0.29) is 37.4 Å². The second-order valence-corrected chi connectivity index (χ2v) is 9.97. The summed E-state index contributed by atoms with van der Waals surface area (Å²) in [7, 11) is 0. The van der Waals surface area contributed by atoms with Gasteiger partial charge in [-0.05, 0) is 16.7 Å². The lowest BCUT2D eigenvalue weighted by Crippen LogP contribution is -2.42. The van der Waals surface area contributed by atoms with Crippen molar-refractivity contribution in [1.82, 2.24) is 45.9 Å². The quantitative estimate of drug-likeness (QED) is 0.0790. The largest absolute Gasteiger partial charge is 0.351 e. The number of nitrogens with one attached hydrogen (secondary N) is 6. The zero-order chi connectivity index (χ0) is 29.9. The molecule has 0 aliphatic rings. The Morgan fingerprint density at radius 1 is 0.571 bits per heavy atom. The van der Waals surface area contributed by atoms with Crippen LogP contribution in [0.5, 0.6) is 0 Å². The summed E-state index contributed by atoms with van der Waals surface area (Å²) in [5, 5.41) is 8.55. The second kappa shape index (κ2) is 14.7. The normalized spacial score (nSPS) is 13.2. The number of nitrogens with two attached hydrogens (primary N) is 3. The summed E-state index contributed by atoms with van der Waals surface area (Å²) in [5.74, 6) is -0.979. The topological polar surface area (TPSA) is 251 Å². The Balaban J connectivity index is 1.38. The number of carbonyl (C=O) groups is 3. The average molecular weight is 577 g/mol. The molecule has 0 saturated carbocycles. The third-order valence-corrected chi connectivity index (χ3v) is 6.51. The molecule has 3 aromatic heterocycles. The van der Waals surface area contributed by atoms with Crippen molar-refractivity contribution in [2.24, 2.45) is 17.2 Å². The van der Waals surface area contributed by atoms with E-state index in [1.165, 1.54) is 19.0 Å². The Morgan fingerprint density at radius 3 is 1.10 bits per heavy atom. The molecular formula is C27H36N12O3. The summed E-state index contributed by atoms with van der Waals surface area (Å²) in [6, 6.07) is 3.28. The molecule has 3 heterocycles. The number of aromatic nitrogens is 6. The van der Waals surface area contributed by atoms with Crippen LogP contribution in [0.4, 0.5) is 0 Å². The lowest BCUT2D eigenvalue weighted by atomic mass is 10.0. The molecule has 4 aromatic rings. The molecule has 15 heteroatoms. The molecule has 222 valence electrons. The Bertz CT molecular complexity index is 1240. The zero-order valence-corrected chi connectivity index (χ0v) is 23.0. The number of benzene rings is 1. The monoisotopic (exact) mass is 576 g/mol. The Hall–Kier alpha value is -4.86. The van der Waals surface area contributed by atoms with Crippen molar-refractivity contribution in [1.29, 1.82) is 0 Å². The highest BCUT2D eigenvalue weighted by Crippen LogP contribution is 2.12. The third-order valence-electron chi connectivity index (χ3n) is 6.51. The molecule has 0 unspecified atom stereocenters. The molecule has 12 N–H and O–H groups in total. The average Bonchev–Trinajstić information content (AvgIpc) is 3.78. The van der Waals surface area contributed by atoms with Crippen LogP contribution in [0.2, 0.25) is 0 Å². The molecule has 15 nitrogen and oxygen atoms in total. The first kappa shape index (κ1) is 30.1. The van der Waals surface area contributed by atoms with E-state index in [2.05, 4.69) is 45.9 Å². The van der Waals surface area contributed by atoms with Gasteiger partial charge in [0.2, 0.25) is 17.7 Å². The highest BCUT2D eigenvalue weighted by Gasteiger charge is 2.18. The van der Waals surface area contributed by atoms with Gasteiger partial charge >= 0.3 is 0 Å². The molecule has 0 aliphatic carbocycles. The van der Waals surface area contributed by atoms with Crippen molar-refractivity contribution in [2.75, 3.05) is 0 Å². The van der Waals surface area contributed by atoms with Crippen molar-refractivity contribution in [3.8, 4) is 0 Å². The Morgan fingerprint density at radius 2 is 0.857 bits per heavy atom. The van der Waals surface area contributed by atoms with Gasteiger partial charge in [-0.1, -0.05) is 18.2 Å². The number of H-pyrrole nitrogens is 3. The first-order chi connectivity index (χ1) is 20.3. The number of hydrogen-bond donors (Lipinski definition) is 9. The number of aromatic amines is 3. The first-order valence-corrected chi connectivity index (χ1v) is 13.4. The van der Waals surface area contributed by atoms with Gasteiger partial charge in [0, 0.05) is 74.6 Å². The molecule has 0 bridgehead atoms. The Kier molecular flexibility index (Phi) is 10.5. The van der Waals surface area contributed by atoms with Gasteiger partial charge in [0.1, 0.15) is 0 Å². The fourth-order valence-corrected chi connectivity index (χ4v) is 4.28. The summed E-state index contributed by atoms with van der Waals surface area (Å²) < 4.78 is 0. The van der Waals surface area contributed by atoms with Crippen LogP contribution in [0.15, 0.2) is 55.8 Å². The molecule has 0 saturated heterocycles. The predicted molar refractivity (Wildman–Crippen MR) is 153 cm³/mol. The van der Waals surface area contributed by atoms with Gasteiger partial charge in [0.05, 0.1) is 37.1 Å². The lowest BCUT2D eigenvalue weighted by molar-refractivity contribution is -0.123. The van der Waals surface area contributed by atoms with E-state index in [4.69, 9.17) is 17.2 Å². The van der Waals surface area contributed by atoms with E-state index in [1.807, 2.05) is 18.2 Å². The number of rotatable bonds is 15. The number of hydrogen-bond acceptors (Lipinski definition) is 9. The first-order valence-electron chi connectivity index (χ1n) is 13.4. The number of imidazole rings is 3. The van der Waals surface area contributed by atoms with Crippen molar-refractivity contribution in [3.05, 3.63) is 89.5 Å². The van der Waals surface area contributed by atoms with E-state index in [0.29, 0.717) is 19.3 Å². The fraction of sp³-hybridized carbons (Fsp3) is 0.333. The molecule has 3 atom stereocenters. The highest BCUT2D eigenvalue weighted by molar-refractivity contribution is 5.82. The van der Waals surface area contributed by atoms with Gasteiger partial charge in [0.25, 0.3) is 0 Å². The summed E-state index contributed by atoms with van der Waals surface area (Å²) in [4.78, 5) is 58.5. The summed E-state index contributed by atoms with van der Waals surface area (Å²) >= 11 is 0. The summed E-state index contributed by atoms with van der Waals surface area (Å²) in [6.07, 6.45) is 10.4. The van der Waals surface area contributed by atoms with E-state index in [9.17, 15) is 14.4 Å². The van der Waals surface area contributed by atoms with Crippen LogP contribution < -0.4 is 33.2 Å². The van der Waals surface area contributed by atoms with Crippen molar-refractivity contribution < 1.29 is 14.4 Å². The minimum Gasteiger partial charge on any atom is -0.351 e. The standard InChI is InChI=1S/C27H36N12O3/c28-22(4-19-10-31-13-37-19)25(40)34-7-16-1-17(8-35-26(41)23(29)5-20-11-32-14-38-20)3-18(2-16)9-36-27(42)24(30)6-21-12-33-15-39-21/h1-3,10-15,22-24H,4-9,28-30H2,(H,31,37)(H,32,38)(H,33,39)(H,34,40)(H,35,41)(H,36,42)/t22-,23-,24-/m0/s1. The van der Waals surface area contributed by atoms with Crippen LogP contribution in [0, 0.1) is 0 Å². The van der Waals surface area contributed by atoms with Crippen molar-refractivity contribution >= 4 is 17.7 Å². The van der Waals surface area contributed by atoms with Crippen LogP contribution >= 0.6 is 0 Å². The summed E-state index contributed by atoms with van der Waals surface area (Å²) in [6.45, 7) is 0.574. The molecular weight excluding hydrogens is 540 g/mol. The molecule has 3 amide bonds. The molecule has 4 rings (SSSR count). The minimum absolute atomic E-state index is 0.191. The molecule has 0 spiro atoms. The Labute approximate surface area is 241 Å². The van der Waals surface area contributed by atoms with Gasteiger partial charge in [-0.2, -0.15) is 0 Å². The smallest absolute Gasteiger partial charge is 0.237 e. The fourth-order valence-electron chi connectivity index (χ4n) is 4.28. The van der Waals surface area contributed by atoms with Crippen molar-refractivity contribution in [2.45, 2.75) is 57.0 Å². The SMILES string of the molecule is N[C@@H](Cc1cnc[nH]1)C(=O)NCc1cc(CNC(=O)[C@@H](N)Cc2cnc[nH]2)cc(CNC(=O)[C@@H](N)Cc2cnc[nH]2)c1. The molecule has 0 fully saturated rings.